The number of aliphatic imine (C=N–C) groups is 1. The van der Waals surface area contributed by atoms with Gasteiger partial charge in [-0.05, 0) is 36.1 Å². The lowest BCUT2D eigenvalue weighted by Crippen LogP contribution is -2.45. The van der Waals surface area contributed by atoms with E-state index in [9.17, 15) is 31.1 Å². The number of piperidine rings is 1. The molecule has 4 N–H and O–H groups in total. The van der Waals surface area contributed by atoms with Gasteiger partial charge in [-0.3, -0.25) is 14.7 Å². The van der Waals surface area contributed by atoms with Crippen molar-refractivity contribution in [3.8, 4) is 0 Å². The van der Waals surface area contributed by atoms with Crippen molar-refractivity contribution < 1.29 is 31.1 Å². The van der Waals surface area contributed by atoms with Crippen LogP contribution in [0.25, 0.3) is 0 Å². The van der Waals surface area contributed by atoms with E-state index in [4.69, 9.17) is 11.5 Å². The molecule has 1 amide bonds. The Hall–Kier alpha value is -3.28. The zero-order valence-electron chi connectivity index (χ0n) is 19.5. The molecule has 0 aromatic heterocycles. The lowest BCUT2D eigenvalue weighted by molar-refractivity contribution is -0.134. The quantitative estimate of drug-likeness (QED) is 0.350. The Morgan fingerprint density at radius 1 is 1.06 bits per heavy atom. The standard InChI is InChI=1S/C24H27F6N5O/c1-34(14-15-11-17(23(25,26)27)13-18(12-15)24(28,29)30)21(36)20(16-5-3-2-4-6-16)35-9-7-19(8-10-35)33-22(31)32/h2-6,11,13-14,19-20H,7-10,12H2,1H3,(H4,31,32,33)/b15-14-. The number of hydrogen-bond donors (Lipinski definition) is 2. The van der Waals surface area contributed by atoms with E-state index in [1.54, 1.807) is 30.3 Å². The number of alkyl halides is 6. The van der Waals surface area contributed by atoms with Gasteiger partial charge < -0.3 is 16.4 Å². The maximum absolute atomic E-state index is 13.5. The topological polar surface area (TPSA) is 88.0 Å². The van der Waals surface area contributed by atoms with Crippen molar-refractivity contribution >= 4 is 11.9 Å². The highest BCUT2D eigenvalue weighted by atomic mass is 19.4. The number of halogens is 6. The highest BCUT2D eigenvalue weighted by Crippen LogP contribution is 2.40. The first-order valence-corrected chi connectivity index (χ1v) is 11.2. The molecule has 36 heavy (non-hydrogen) atoms. The number of carbonyl (C=O) groups excluding carboxylic acids is 1. The van der Waals surface area contributed by atoms with Crippen LogP contribution in [0, 0.1) is 0 Å². The summed E-state index contributed by atoms with van der Waals surface area (Å²) in [5.74, 6) is -0.513. The Morgan fingerprint density at radius 3 is 2.19 bits per heavy atom. The molecule has 1 unspecified atom stereocenters. The molecule has 1 aliphatic heterocycles. The normalized spacial score (nSPS) is 19.9. The van der Waals surface area contributed by atoms with E-state index in [-0.39, 0.29) is 23.7 Å². The first-order chi connectivity index (χ1) is 16.8. The molecule has 1 atom stereocenters. The fourth-order valence-electron chi connectivity index (χ4n) is 4.31. The third kappa shape index (κ3) is 6.90. The predicted octanol–water partition coefficient (Wildman–Crippen LogP) is 4.19. The number of benzene rings is 1. The molecule has 6 nitrogen and oxygen atoms in total. The summed E-state index contributed by atoms with van der Waals surface area (Å²) in [5, 5.41) is 0. The van der Waals surface area contributed by atoms with Gasteiger partial charge in [0, 0.05) is 38.3 Å². The zero-order chi connectivity index (χ0) is 26.7. The van der Waals surface area contributed by atoms with Crippen LogP contribution in [-0.2, 0) is 4.79 Å². The van der Waals surface area contributed by atoms with Gasteiger partial charge in [0.1, 0.15) is 6.04 Å². The van der Waals surface area contributed by atoms with Crippen molar-refractivity contribution in [1.82, 2.24) is 9.80 Å². The molecule has 0 spiro atoms. The number of likely N-dealkylation sites (tertiary alicyclic amines) is 1. The highest BCUT2D eigenvalue weighted by Gasteiger charge is 2.41. The number of nitrogens with two attached hydrogens (primary N) is 2. The molecule has 1 aromatic carbocycles. The number of likely N-dealkylation sites (N-methyl/N-ethyl adjacent to an activating group) is 1. The summed E-state index contributed by atoms with van der Waals surface area (Å²) in [4.78, 5) is 20.6. The summed E-state index contributed by atoms with van der Waals surface area (Å²) in [7, 11) is 1.32. The van der Waals surface area contributed by atoms with E-state index in [0.717, 1.165) is 11.1 Å². The smallest absolute Gasteiger partial charge is 0.370 e. The SMILES string of the molecule is CN(/C=C1/C=C(C(F)(F)F)C=C(C(F)(F)F)C1)C(=O)C(c1ccccc1)N1CCC(N=C(N)N)CC1. The van der Waals surface area contributed by atoms with Gasteiger partial charge in [0.2, 0.25) is 5.91 Å². The fraction of sp³-hybridized carbons (Fsp3) is 0.417. The Balaban J connectivity index is 1.89. The molecule has 1 fully saturated rings. The summed E-state index contributed by atoms with van der Waals surface area (Å²) in [5.41, 5.74) is 8.54. The molecule has 1 heterocycles. The third-order valence-corrected chi connectivity index (χ3v) is 6.01. The average Bonchev–Trinajstić information content (AvgIpc) is 2.79. The number of carbonyl (C=O) groups is 1. The molecule has 12 heteroatoms. The van der Waals surface area contributed by atoms with Gasteiger partial charge in [0.05, 0.1) is 11.6 Å². The second kappa shape index (κ2) is 10.8. The first-order valence-electron chi connectivity index (χ1n) is 11.2. The maximum atomic E-state index is 13.5. The van der Waals surface area contributed by atoms with E-state index in [2.05, 4.69) is 4.99 Å². The second-order valence-corrected chi connectivity index (χ2v) is 8.73. The number of allylic oxidation sites excluding steroid dienone is 5. The van der Waals surface area contributed by atoms with Crippen LogP contribution in [0.1, 0.15) is 30.9 Å². The first kappa shape index (κ1) is 27.3. The zero-order valence-corrected chi connectivity index (χ0v) is 19.5. The van der Waals surface area contributed by atoms with Gasteiger partial charge in [0.15, 0.2) is 5.96 Å². The van der Waals surface area contributed by atoms with Crippen molar-refractivity contribution in [3.05, 3.63) is 71.0 Å². The van der Waals surface area contributed by atoms with Crippen LogP contribution >= 0.6 is 0 Å². The van der Waals surface area contributed by atoms with Gasteiger partial charge >= 0.3 is 12.4 Å². The fourth-order valence-corrected chi connectivity index (χ4v) is 4.31. The molecule has 2 aliphatic rings. The molecule has 0 radical (unpaired) electrons. The number of hydrogen-bond acceptors (Lipinski definition) is 3. The molecule has 0 saturated carbocycles. The highest BCUT2D eigenvalue weighted by molar-refractivity contribution is 5.84. The average molecular weight is 516 g/mol. The molecule has 0 bridgehead atoms. The summed E-state index contributed by atoms with van der Waals surface area (Å²) in [6, 6.07) is 7.88. The summed E-state index contributed by atoms with van der Waals surface area (Å²) >= 11 is 0. The van der Waals surface area contributed by atoms with E-state index in [1.807, 2.05) is 4.90 Å². The summed E-state index contributed by atoms with van der Waals surface area (Å²) in [6.45, 7) is 0.937. The molecule has 196 valence electrons. The minimum atomic E-state index is -4.97. The van der Waals surface area contributed by atoms with Crippen molar-refractivity contribution in [3.63, 3.8) is 0 Å². The Labute approximate surface area is 204 Å². The predicted molar refractivity (Wildman–Crippen MR) is 123 cm³/mol. The van der Waals surface area contributed by atoms with E-state index in [1.165, 1.54) is 7.05 Å². The van der Waals surface area contributed by atoms with Crippen LogP contribution in [-0.4, -0.2) is 60.2 Å². The Morgan fingerprint density at radius 2 is 1.67 bits per heavy atom. The van der Waals surface area contributed by atoms with Crippen LogP contribution in [0.3, 0.4) is 0 Å². The van der Waals surface area contributed by atoms with Crippen LogP contribution in [0.2, 0.25) is 0 Å². The number of guanidine groups is 1. The van der Waals surface area contributed by atoms with Gasteiger partial charge in [-0.15, -0.1) is 0 Å². The Bertz CT molecular complexity index is 1060. The van der Waals surface area contributed by atoms with Crippen LogP contribution < -0.4 is 11.5 Å². The molecule has 1 aliphatic carbocycles. The van der Waals surface area contributed by atoms with Crippen molar-refractivity contribution in [2.45, 2.75) is 43.7 Å². The molecule has 1 aromatic rings. The lowest BCUT2D eigenvalue weighted by Gasteiger charge is -2.37. The van der Waals surface area contributed by atoms with Crippen molar-refractivity contribution in [2.24, 2.45) is 16.5 Å². The number of amides is 1. The van der Waals surface area contributed by atoms with Gasteiger partial charge in [-0.25, -0.2) is 0 Å². The molecular weight excluding hydrogens is 488 g/mol. The van der Waals surface area contributed by atoms with E-state index >= 15 is 0 Å². The van der Waals surface area contributed by atoms with Gasteiger partial charge in [0.25, 0.3) is 0 Å². The lowest BCUT2D eigenvalue weighted by atomic mass is 9.94. The van der Waals surface area contributed by atoms with Gasteiger partial charge in [-0.2, -0.15) is 26.3 Å². The van der Waals surface area contributed by atoms with Crippen molar-refractivity contribution in [1.29, 1.82) is 0 Å². The molecule has 1 saturated heterocycles. The Kier molecular flexibility index (Phi) is 8.17. The monoisotopic (exact) mass is 515 g/mol. The number of nitrogens with zero attached hydrogens (tertiary/aromatic N) is 3. The van der Waals surface area contributed by atoms with Crippen LogP contribution in [0.15, 0.2) is 70.4 Å². The second-order valence-electron chi connectivity index (χ2n) is 8.73. The van der Waals surface area contributed by atoms with E-state index in [0.29, 0.717) is 37.6 Å². The molecule has 3 rings (SSSR count). The largest absolute Gasteiger partial charge is 0.416 e. The molecular formula is C24H27F6N5O. The van der Waals surface area contributed by atoms with Crippen LogP contribution in [0.4, 0.5) is 26.3 Å². The summed E-state index contributed by atoms with van der Waals surface area (Å²) < 4.78 is 79.6. The van der Waals surface area contributed by atoms with Crippen LogP contribution in [0.5, 0.6) is 0 Å². The number of rotatable bonds is 5. The summed E-state index contributed by atoms with van der Waals surface area (Å²) in [6.07, 6.45) is -7.74. The van der Waals surface area contributed by atoms with Gasteiger partial charge in [-0.1, -0.05) is 30.3 Å². The minimum absolute atomic E-state index is 0.0264. The minimum Gasteiger partial charge on any atom is -0.370 e. The van der Waals surface area contributed by atoms with Crippen molar-refractivity contribution in [2.75, 3.05) is 20.1 Å². The third-order valence-electron chi connectivity index (χ3n) is 6.01. The van der Waals surface area contributed by atoms with E-state index < -0.39 is 41.9 Å². The maximum Gasteiger partial charge on any atom is 0.416 e.